The van der Waals surface area contributed by atoms with E-state index in [1.807, 2.05) is 13.8 Å². The number of thiazole rings is 1. The Labute approximate surface area is 198 Å². The van der Waals surface area contributed by atoms with Crippen molar-refractivity contribution in [3.8, 4) is 0 Å². The zero-order chi connectivity index (χ0) is 24.5. The van der Waals surface area contributed by atoms with E-state index in [0.717, 1.165) is 22.7 Å². The van der Waals surface area contributed by atoms with Crippen molar-refractivity contribution in [1.82, 2.24) is 4.98 Å². The van der Waals surface area contributed by atoms with E-state index in [0.29, 0.717) is 22.3 Å². The highest BCUT2D eigenvalue weighted by atomic mass is 32.1. The predicted molar refractivity (Wildman–Crippen MR) is 124 cm³/mol. The molecule has 1 unspecified atom stereocenters. The summed E-state index contributed by atoms with van der Waals surface area (Å²) in [6.07, 6.45) is -4.74. The Morgan fingerprint density at radius 3 is 1.97 bits per heavy atom. The van der Waals surface area contributed by atoms with Crippen LogP contribution in [0.15, 0.2) is 72.8 Å². The van der Waals surface area contributed by atoms with Gasteiger partial charge in [0.05, 0.1) is 16.7 Å². The molecule has 0 aliphatic rings. The highest BCUT2D eigenvalue weighted by Gasteiger charge is 2.40. The van der Waals surface area contributed by atoms with Crippen LogP contribution in [-0.4, -0.2) is 11.5 Å². The minimum Gasteiger partial charge on any atom is -0.360 e. The maximum Gasteiger partial charge on any atom is 0.416 e. The first kappa shape index (κ1) is 23.9. The van der Waals surface area contributed by atoms with Gasteiger partial charge >= 0.3 is 6.18 Å². The first-order valence-electron chi connectivity index (χ1n) is 10.5. The molecule has 3 aromatic carbocycles. The lowest BCUT2D eigenvalue weighted by molar-refractivity contribution is -0.137. The summed E-state index contributed by atoms with van der Waals surface area (Å²) in [5.41, 5.74) is -0.301. The number of hydrogen-bond donors (Lipinski definition) is 1. The predicted octanol–water partition coefficient (Wildman–Crippen LogP) is 7.50. The number of aryl methyl sites for hydroxylation is 2. The summed E-state index contributed by atoms with van der Waals surface area (Å²) in [5, 5.41) is 3.83. The third kappa shape index (κ3) is 4.68. The number of anilines is 1. The van der Waals surface area contributed by atoms with Crippen molar-refractivity contribution in [2.45, 2.75) is 25.4 Å². The second-order valence-electron chi connectivity index (χ2n) is 8.02. The SMILES string of the molecule is Cc1nc(NCC(c2ccccc2)(c2ccc(F)cc2)c2cc(F)cc(C(F)(F)F)c2)sc1C. The molecule has 8 heteroatoms. The van der Waals surface area contributed by atoms with Gasteiger partial charge in [-0.2, -0.15) is 13.2 Å². The fraction of sp³-hybridized carbons (Fsp3) is 0.192. The summed E-state index contributed by atoms with van der Waals surface area (Å²) in [6, 6.07) is 16.9. The van der Waals surface area contributed by atoms with Gasteiger partial charge in [0.1, 0.15) is 11.6 Å². The van der Waals surface area contributed by atoms with Gasteiger partial charge < -0.3 is 5.32 Å². The van der Waals surface area contributed by atoms with Crippen LogP contribution in [0.2, 0.25) is 0 Å². The zero-order valence-electron chi connectivity index (χ0n) is 18.4. The molecule has 0 aliphatic carbocycles. The number of benzene rings is 3. The zero-order valence-corrected chi connectivity index (χ0v) is 19.2. The van der Waals surface area contributed by atoms with Crippen LogP contribution in [0, 0.1) is 25.5 Å². The van der Waals surface area contributed by atoms with Crippen LogP contribution in [0.25, 0.3) is 0 Å². The minimum absolute atomic E-state index is 0.0653. The molecule has 4 rings (SSSR count). The number of rotatable bonds is 6. The second-order valence-corrected chi connectivity index (χ2v) is 9.22. The van der Waals surface area contributed by atoms with Crippen LogP contribution in [0.5, 0.6) is 0 Å². The quantitative estimate of drug-likeness (QED) is 0.225. The van der Waals surface area contributed by atoms with E-state index in [1.54, 1.807) is 30.3 Å². The van der Waals surface area contributed by atoms with E-state index in [-0.39, 0.29) is 12.1 Å². The number of nitrogens with one attached hydrogen (secondary N) is 1. The van der Waals surface area contributed by atoms with Crippen LogP contribution in [0.1, 0.15) is 32.8 Å². The molecule has 0 radical (unpaired) electrons. The fourth-order valence-corrected chi connectivity index (χ4v) is 4.83. The number of nitrogens with zero attached hydrogens (tertiary/aromatic N) is 1. The van der Waals surface area contributed by atoms with Gasteiger partial charge in [-0.1, -0.05) is 42.5 Å². The molecular weight excluding hydrogens is 467 g/mol. The Bertz CT molecular complexity index is 1260. The largest absolute Gasteiger partial charge is 0.416 e. The maximum atomic E-state index is 14.6. The molecule has 2 nitrogen and oxygen atoms in total. The summed E-state index contributed by atoms with van der Waals surface area (Å²) in [7, 11) is 0. The molecule has 0 saturated carbocycles. The monoisotopic (exact) mass is 488 g/mol. The Hall–Kier alpha value is -3.26. The summed E-state index contributed by atoms with van der Waals surface area (Å²) in [6.45, 7) is 3.85. The molecule has 176 valence electrons. The summed E-state index contributed by atoms with van der Waals surface area (Å²) in [5.74, 6) is -1.49. The third-order valence-electron chi connectivity index (χ3n) is 5.85. The van der Waals surface area contributed by atoms with Crippen LogP contribution in [0.4, 0.5) is 27.1 Å². The van der Waals surface area contributed by atoms with Crippen molar-refractivity contribution < 1.29 is 22.0 Å². The maximum absolute atomic E-state index is 14.6. The van der Waals surface area contributed by atoms with E-state index in [2.05, 4.69) is 10.3 Å². The van der Waals surface area contributed by atoms with Gasteiger partial charge in [-0.3, -0.25) is 0 Å². The standard InChI is InChI=1S/C26H21F5N2S/c1-16-17(2)34-24(33-16)32-15-25(18-6-4-3-5-7-18,19-8-10-22(27)11-9-19)20-12-21(26(29,30)31)14-23(28)13-20/h3-14H,15H2,1-2H3,(H,32,33). The molecule has 1 aromatic heterocycles. The molecule has 34 heavy (non-hydrogen) atoms. The molecule has 0 aliphatic heterocycles. The molecule has 0 fully saturated rings. The third-order valence-corrected chi connectivity index (χ3v) is 6.89. The molecule has 0 amide bonds. The normalized spacial score (nSPS) is 13.5. The van der Waals surface area contributed by atoms with Gasteiger partial charge in [0.15, 0.2) is 5.13 Å². The van der Waals surface area contributed by atoms with Crippen molar-refractivity contribution >= 4 is 16.5 Å². The van der Waals surface area contributed by atoms with Crippen LogP contribution in [-0.2, 0) is 11.6 Å². The lowest BCUT2D eigenvalue weighted by Crippen LogP contribution is -2.37. The molecule has 0 saturated heterocycles. The molecule has 1 atom stereocenters. The van der Waals surface area contributed by atoms with Crippen LogP contribution in [0.3, 0.4) is 0 Å². The lowest BCUT2D eigenvalue weighted by Gasteiger charge is -2.36. The molecule has 4 aromatic rings. The fourth-order valence-electron chi connectivity index (χ4n) is 4.02. The topological polar surface area (TPSA) is 24.9 Å². The van der Waals surface area contributed by atoms with E-state index in [4.69, 9.17) is 0 Å². The van der Waals surface area contributed by atoms with Gasteiger partial charge in [-0.25, -0.2) is 13.8 Å². The summed E-state index contributed by atoms with van der Waals surface area (Å²) < 4.78 is 69.4. The van der Waals surface area contributed by atoms with E-state index < -0.39 is 28.8 Å². The van der Waals surface area contributed by atoms with Crippen LogP contribution >= 0.6 is 11.3 Å². The van der Waals surface area contributed by atoms with E-state index >= 15 is 0 Å². The van der Waals surface area contributed by atoms with E-state index in [1.165, 1.54) is 35.6 Å². The summed E-state index contributed by atoms with van der Waals surface area (Å²) in [4.78, 5) is 5.48. The highest BCUT2D eigenvalue weighted by Crippen LogP contribution is 2.42. The van der Waals surface area contributed by atoms with Crippen molar-refractivity contribution in [3.05, 3.63) is 117 Å². The van der Waals surface area contributed by atoms with Crippen molar-refractivity contribution in [2.75, 3.05) is 11.9 Å². The van der Waals surface area contributed by atoms with Crippen molar-refractivity contribution in [3.63, 3.8) is 0 Å². The minimum atomic E-state index is -4.74. The number of alkyl halides is 3. The second kappa shape index (κ2) is 9.18. The number of halogens is 5. The molecule has 1 heterocycles. The van der Waals surface area contributed by atoms with Gasteiger partial charge in [0, 0.05) is 11.4 Å². The average molecular weight is 489 g/mol. The Kier molecular flexibility index (Phi) is 6.45. The molecular formula is C26H21F5N2S. The first-order valence-corrected chi connectivity index (χ1v) is 11.3. The smallest absolute Gasteiger partial charge is 0.360 e. The molecule has 1 N–H and O–H groups in total. The highest BCUT2D eigenvalue weighted by molar-refractivity contribution is 7.15. The number of aromatic nitrogens is 1. The van der Waals surface area contributed by atoms with E-state index in [9.17, 15) is 22.0 Å². The first-order chi connectivity index (χ1) is 16.1. The van der Waals surface area contributed by atoms with Gasteiger partial charge in [-0.15, -0.1) is 11.3 Å². The van der Waals surface area contributed by atoms with Gasteiger partial charge in [0.25, 0.3) is 0 Å². The van der Waals surface area contributed by atoms with Crippen molar-refractivity contribution in [1.29, 1.82) is 0 Å². The molecule has 0 spiro atoms. The molecule has 0 bridgehead atoms. The van der Waals surface area contributed by atoms with Crippen LogP contribution < -0.4 is 5.32 Å². The lowest BCUT2D eigenvalue weighted by atomic mass is 9.69. The van der Waals surface area contributed by atoms with Gasteiger partial charge in [0.2, 0.25) is 0 Å². The van der Waals surface area contributed by atoms with Gasteiger partial charge in [-0.05, 0) is 60.9 Å². The summed E-state index contributed by atoms with van der Waals surface area (Å²) >= 11 is 1.42. The number of hydrogen-bond acceptors (Lipinski definition) is 3. The Morgan fingerprint density at radius 2 is 1.38 bits per heavy atom. The Morgan fingerprint density at radius 1 is 0.765 bits per heavy atom. The average Bonchev–Trinajstić information content (AvgIpc) is 3.12. The Balaban J connectivity index is 1.98. The van der Waals surface area contributed by atoms with Crippen molar-refractivity contribution in [2.24, 2.45) is 0 Å².